The highest BCUT2D eigenvalue weighted by molar-refractivity contribution is 5.75. The second kappa shape index (κ2) is 20.4. The molecule has 0 saturated heterocycles. The molecule has 4 nitrogen and oxygen atoms in total. The number of ether oxygens (including phenoxy) is 1. The van der Waals surface area contributed by atoms with Gasteiger partial charge in [-0.2, -0.15) is 0 Å². The Morgan fingerprint density at radius 2 is 1.25 bits per heavy atom. The van der Waals surface area contributed by atoms with Crippen LogP contribution >= 0.6 is 0 Å². The predicted molar refractivity (Wildman–Crippen MR) is 118 cm³/mol. The van der Waals surface area contributed by atoms with E-state index in [2.05, 4.69) is 19.1 Å². The average molecular weight is 396 g/mol. The van der Waals surface area contributed by atoms with Crippen LogP contribution in [0.15, 0.2) is 12.2 Å². The van der Waals surface area contributed by atoms with Crippen LogP contribution in [-0.2, 0) is 14.3 Å². The monoisotopic (exact) mass is 395 g/mol. The first-order valence-electron chi connectivity index (χ1n) is 11.6. The Morgan fingerprint density at radius 3 is 1.82 bits per heavy atom. The summed E-state index contributed by atoms with van der Waals surface area (Å²) in [7, 11) is 3.47. The first-order chi connectivity index (χ1) is 13.6. The quantitative estimate of drug-likeness (QED) is 0.144. The van der Waals surface area contributed by atoms with Crippen molar-refractivity contribution in [3.63, 3.8) is 0 Å². The number of hydrogen-bond donors (Lipinski definition) is 0. The number of allylic oxidation sites excluding steroid dienone is 2. The number of carbonyl (C=O) groups excluding carboxylic acids is 2. The van der Waals surface area contributed by atoms with Crippen molar-refractivity contribution in [3.05, 3.63) is 12.2 Å². The van der Waals surface area contributed by atoms with E-state index in [1.807, 2.05) is 0 Å². The van der Waals surface area contributed by atoms with Crippen molar-refractivity contribution in [2.75, 3.05) is 20.7 Å². The smallest absolute Gasteiger partial charge is 0.305 e. The summed E-state index contributed by atoms with van der Waals surface area (Å²) in [6.07, 6.45) is 22.5. The highest BCUT2D eigenvalue weighted by Gasteiger charge is 2.06. The first kappa shape index (κ1) is 26.7. The summed E-state index contributed by atoms with van der Waals surface area (Å²) in [6, 6.07) is 0. The lowest BCUT2D eigenvalue weighted by Crippen LogP contribution is -2.21. The van der Waals surface area contributed by atoms with E-state index in [-0.39, 0.29) is 11.9 Å². The molecule has 1 amide bonds. The van der Waals surface area contributed by atoms with E-state index in [1.165, 1.54) is 70.6 Å². The molecule has 0 aromatic heterocycles. The Hall–Kier alpha value is -1.32. The van der Waals surface area contributed by atoms with E-state index in [1.54, 1.807) is 19.0 Å². The van der Waals surface area contributed by atoms with Crippen LogP contribution in [0.5, 0.6) is 0 Å². The molecule has 4 heteroatoms. The van der Waals surface area contributed by atoms with Crippen molar-refractivity contribution in [1.82, 2.24) is 4.90 Å². The van der Waals surface area contributed by atoms with E-state index in [4.69, 9.17) is 4.74 Å². The molecule has 0 atom stereocenters. The molecule has 0 aliphatic heterocycles. The van der Waals surface area contributed by atoms with Gasteiger partial charge in [-0.15, -0.1) is 0 Å². The molecule has 28 heavy (non-hydrogen) atoms. The summed E-state index contributed by atoms with van der Waals surface area (Å²) < 4.78 is 5.17. The van der Waals surface area contributed by atoms with Crippen LogP contribution in [0.4, 0.5) is 0 Å². The second-order valence-corrected chi connectivity index (χ2v) is 7.95. The maximum atomic E-state index is 11.6. The molecule has 0 aliphatic carbocycles. The fourth-order valence-electron chi connectivity index (χ4n) is 3.05. The summed E-state index contributed by atoms with van der Waals surface area (Å²) in [5.74, 6) is -0.0526. The molecule has 0 fully saturated rings. The Kier molecular flexibility index (Phi) is 19.5. The van der Waals surface area contributed by atoms with E-state index in [9.17, 15) is 9.59 Å². The third kappa shape index (κ3) is 19.4. The summed E-state index contributed by atoms with van der Waals surface area (Å²) in [6.45, 7) is 2.61. The molecule has 0 saturated carbocycles. The van der Waals surface area contributed by atoms with Crippen molar-refractivity contribution < 1.29 is 14.3 Å². The van der Waals surface area contributed by atoms with Gasteiger partial charge in [0.25, 0.3) is 0 Å². The van der Waals surface area contributed by atoms with Crippen LogP contribution in [0.25, 0.3) is 0 Å². The minimum absolute atomic E-state index is 0.0771. The summed E-state index contributed by atoms with van der Waals surface area (Å²) in [5.41, 5.74) is 0. The molecule has 0 aromatic carbocycles. The van der Waals surface area contributed by atoms with Gasteiger partial charge in [0, 0.05) is 26.9 Å². The molecule has 0 aromatic rings. The molecule has 0 unspecified atom stereocenters. The maximum absolute atomic E-state index is 11.6. The normalized spacial score (nSPS) is 11.1. The third-order valence-electron chi connectivity index (χ3n) is 4.94. The van der Waals surface area contributed by atoms with Gasteiger partial charge in [-0.1, -0.05) is 70.4 Å². The van der Waals surface area contributed by atoms with E-state index in [0.717, 1.165) is 12.8 Å². The lowest BCUT2D eigenvalue weighted by molar-refractivity contribution is -0.144. The van der Waals surface area contributed by atoms with Gasteiger partial charge in [0.15, 0.2) is 0 Å². The van der Waals surface area contributed by atoms with E-state index >= 15 is 0 Å². The highest BCUT2D eigenvalue weighted by atomic mass is 16.5. The van der Waals surface area contributed by atoms with Gasteiger partial charge in [0.2, 0.25) is 5.91 Å². The minimum atomic E-state index is -0.130. The molecule has 0 rings (SSSR count). The van der Waals surface area contributed by atoms with Crippen LogP contribution in [0.3, 0.4) is 0 Å². The molecular formula is C24H45NO3. The Morgan fingerprint density at radius 1 is 0.714 bits per heavy atom. The maximum Gasteiger partial charge on any atom is 0.305 e. The van der Waals surface area contributed by atoms with Crippen LogP contribution in [-0.4, -0.2) is 37.5 Å². The summed E-state index contributed by atoms with van der Waals surface area (Å²) in [4.78, 5) is 24.6. The van der Waals surface area contributed by atoms with Crippen molar-refractivity contribution >= 4 is 11.9 Å². The van der Waals surface area contributed by atoms with Crippen molar-refractivity contribution in [2.45, 2.75) is 110 Å². The number of nitrogens with zero attached hydrogens (tertiary/aromatic N) is 1. The average Bonchev–Trinajstić information content (AvgIpc) is 2.68. The van der Waals surface area contributed by atoms with E-state index in [0.29, 0.717) is 25.9 Å². The van der Waals surface area contributed by atoms with Gasteiger partial charge in [0.05, 0.1) is 6.61 Å². The number of esters is 1. The summed E-state index contributed by atoms with van der Waals surface area (Å²) in [5, 5.41) is 0. The van der Waals surface area contributed by atoms with Gasteiger partial charge in [-0.25, -0.2) is 0 Å². The number of amides is 1. The summed E-state index contributed by atoms with van der Waals surface area (Å²) >= 11 is 0. The van der Waals surface area contributed by atoms with Gasteiger partial charge in [0.1, 0.15) is 0 Å². The third-order valence-corrected chi connectivity index (χ3v) is 4.94. The zero-order chi connectivity index (χ0) is 20.9. The lowest BCUT2D eigenvalue weighted by Gasteiger charge is -2.09. The SMILES string of the molecule is CCCCCCCC/C=C\CCCCCCCC(=O)OCCCC(=O)N(C)C. The lowest BCUT2D eigenvalue weighted by atomic mass is 10.1. The van der Waals surface area contributed by atoms with Gasteiger partial charge in [-0.3, -0.25) is 9.59 Å². The number of rotatable bonds is 19. The molecular weight excluding hydrogens is 350 g/mol. The molecule has 0 heterocycles. The zero-order valence-electron chi connectivity index (χ0n) is 18.8. The number of hydrogen-bond acceptors (Lipinski definition) is 3. The molecule has 0 aliphatic rings. The molecule has 0 spiro atoms. The fourth-order valence-corrected chi connectivity index (χ4v) is 3.05. The standard InChI is InChI=1S/C24H45NO3/c1-4-5-6-7-8-9-10-11-12-13-14-15-16-17-18-21-24(27)28-22-19-20-23(26)25(2)3/h11-12H,4-10,13-22H2,1-3H3/b12-11-. The van der Waals surface area contributed by atoms with Crippen molar-refractivity contribution in [3.8, 4) is 0 Å². The molecule has 0 bridgehead atoms. The second-order valence-electron chi connectivity index (χ2n) is 7.95. The largest absolute Gasteiger partial charge is 0.466 e. The fraction of sp³-hybridized carbons (Fsp3) is 0.833. The molecule has 164 valence electrons. The van der Waals surface area contributed by atoms with Gasteiger partial charge >= 0.3 is 5.97 Å². The zero-order valence-corrected chi connectivity index (χ0v) is 18.8. The Labute approximate surface area is 174 Å². The minimum Gasteiger partial charge on any atom is -0.466 e. The number of carbonyl (C=O) groups is 2. The Balaban J connectivity index is 3.28. The van der Waals surface area contributed by atoms with Crippen LogP contribution < -0.4 is 0 Å². The van der Waals surface area contributed by atoms with Gasteiger partial charge < -0.3 is 9.64 Å². The predicted octanol–water partition coefficient (Wildman–Crippen LogP) is 6.44. The molecule has 0 radical (unpaired) electrons. The van der Waals surface area contributed by atoms with Crippen LogP contribution in [0, 0.1) is 0 Å². The van der Waals surface area contributed by atoms with Crippen molar-refractivity contribution in [1.29, 1.82) is 0 Å². The van der Waals surface area contributed by atoms with Gasteiger partial charge in [-0.05, 0) is 38.5 Å². The first-order valence-corrected chi connectivity index (χ1v) is 11.6. The van der Waals surface area contributed by atoms with E-state index < -0.39 is 0 Å². The Bertz CT molecular complexity index is 405. The van der Waals surface area contributed by atoms with Crippen LogP contribution in [0.2, 0.25) is 0 Å². The van der Waals surface area contributed by atoms with Crippen LogP contribution in [0.1, 0.15) is 110 Å². The number of unbranched alkanes of at least 4 members (excludes halogenated alkanes) is 11. The molecule has 0 N–H and O–H groups in total. The van der Waals surface area contributed by atoms with Crippen molar-refractivity contribution in [2.24, 2.45) is 0 Å². The topological polar surface area (TPSA) is 46.6 Å². The highest BCUT2D eigenvalue weighted by Crippen LogP contribution is 2.10.